The van der Waals surface area contributed by atoms with Gasteiger partial charge in [-0.3, -0.25) is 4.79 Å². The van der Waals surface area contributed by atoms with Crippen molar-refractivity contribution in [1.29, 1.82) is 0 Å². The van der Waals surface area contributed by atoms with E-state index in [0.29, 0.717) is 5.69 Å². The molecule has 0 saturated carbocycles. The Labute approximate surface area is 180 Å². The predicted molar refractivity (Wildman–Crippen MR) is 111 cm³/mol. The number of carbonyl (C=O) groups is 2. The number of morpholine rings is 1. The lowest BCUT2D eigenvalue weighted by Crippen LogP contribution is -2.40. The van der Waals surface area contributed by atoms with Crippen molar-refractivity contribution in [3.05, 3.63) is 59.4 Å². The van der Waals surface area contributed by atoms with Crippen LogP contribution in [-0.2, 0) is 24.3 Å². The monoisotopic (exact) mass is 450 g/mol. The standard InChI is InChI=1S/C21H23FN2O6S/c1-14-4-3-5-16(12-14)23-20(25)15(2)30-21(26)18-13-17(6-7-19(18)22)31(27,28)24-8-10-29-11-9-24/h3-7,12-13,15H,8-11H2,1-2H3,(H,23,25). The van der Waals surface area contributed by atoms with Crippen LogP contribution < -0.4 is 5.32 Å². The Morgan fingerprint density at radius 3 is 2.55 bits per heavy atom. The van der Waals surface area contributed by atoms with Gasteiger partial charge in [0.05, 0.1) is 23.7 Å². The number of halogens is 1. The van der Waals surface area contributed by atoms with Crippen LogP contribution in [0.2, 0.25) is 0 Å². The number of amides is 1. The Balaban J connectivity index is 1.73. The van der Waals surface area contributed by atoms with Crippen molar-refractivity contribution in [3.63, 3.8) is 0 Å². The fourth-order valence-electron chi connectivity index (χ4n) is 3.00. The topological polar surface area (TPSA) is 102 Å². The lowest BCUT2D eigenvalue weighted by molar-refractivity contribution is -0.123. The highest BCUT2D eigenvalue weighted by atomic mass is 32.2. The molecule has 1 unspecified atom stereocenters. The van der Waals surface area contributed by atoms with Crippen LogP contribution in [0.5, 0.6) is 0 Å². The fourth-order valence-corrected chi connectivity index (χ4v) is 4.44. The molecule has 1 atom stereocenters. The molecule has 10 heteroatoms. The molecule has 0 radical (unpaired) electrons. The Morgan fingerprint density at radius 2 is 1.87 bits per heavy atom. The normalized spacial score (nSPS) is 15.8. The number of hydrogen-bond donors (Lipinski definition) is 1. The maximum atomic E-state index is 14.3. The van der Waals surface area contributed by atoms with E-state index < -0.39 is 39.4 Å². The molecule has 0 aliphatic carbocycles. The van der Waals surface area contributed by atoms with Crippen LogP contribution in [0.4, 0.5) is 10.1 Å². The van der Waals surface area contributed by atoms with Crippen LogP contribution in [0, 0.1) is 12.7 Å². The van der Waals surface area contributed by atoms with Crippen molar-refractivity contribution in [2.45, 2.75) is 24.8 Å². The SMILES string of the molecule is Cc1cccc(NC(=O)C(C)OC(=O)c2cc(S(=O)(=O)N3CCOCC3)ccc2F)c1. The van der Waals surface area contributed by atoms with E-state index in [9.17, 15) is 22.4 Å². The molecule has 1 heterocycles. The van der Waals surface area contributed by atoms with Gasteiger partial charge in [0, 0.05) is 18.8 Å². The van der Waals surface area contributed by atoms with Gasteiger partial charge in [-0.2, -0.15) is 4.31 Å². The van der Waals surface area contributed by atoms with E-state index >= 15 is 0 Å². The smallest absolute Gasteiger partial charge is 0.341 e. The van der Waals surface area contributed by atoms with Gasteiger partial charge in [0.2, 0.25) is 10.0 Å². The molecule has 1 saturated heterocycles. The first-order chi connectivity index (χ1) is 14.7. The number of aryl methyl sites for hydroxylation is 1. The van der Waals surface area contributed by atoms with Crippen molar-refractivity contribution in [1.82, 2.24) is 4.31 Å². The summed E-state index contributed by atoms with van der Waals surface area (Å²) in [5.41, 5.74) is 0.894. The quantitative estimate of drug-likeness (QED) is 0.678. The Kier molecular flexibility index (Phi) is 7.04. The molecule has 0 spiro atoms. The molecule has 3 rings (SSSR count). The molecule has 1 amide bonds. The van der Waals surface area contributed by atoms with Gasteiger partial charge in [-0.05, 0) is 49.7 Å². The molecule has 1 aliphatic rings. The molecule has 1 aliphatic heterocycles. The third kappa shape index (κ3) is 5.46. The first kappa shape index (κ1) is 22.9. The number of sulfonamides is 1. The zero-order chi connectivity index (χ0) is 22.6. The van der Waals surface area contributed by atoms with E-state index in [4.69, 9.17) is 9.47 Å². The minimum atomic E-state index is -3.92. The van der Waals surface area contributed by atoms with Crippen LogP contribution in [0.1, 0.15) is 22.8 Å². The summed E-state index contributed by atoms with van der Waals surface area (Å²) in [4.78, 5) is 24.5. The first-order valence-corrected chi connectivity index (χ1v) is 11.1. The second-order valence-corrected chi connectivity index (χ2v) is 9.00. The minimum absolute atomic E-state index is 0.162. The molecule has 2 aromatic carbocycles. The summed E-state index contributed by atoms with van der Waals surface area (Å²) >= 11 is 0. The maximum absolute atomic E-state index is 14.3. The van der Waals surface area contributed by atoms with Gasteiger partial charge >= 0.3 is 5.97 Å². The summed E-state index contributed by atoms with van der Waals surface area (Å²) < 4.78 is 51.2. The minimum Gasteiger partial charge on any atom is -0.449 e. The summed E-state index contributed by atoms with van der Waals surface area (Å²) in [6.45, 7) is 4.03. The van der Waals surface area contributed by atoms with Crippen molar-refractivity contribution < 1.29 is 31.9 Å². The molecular formula is C21H23FN2O6S. The van der Waals surface area contributed by atoms with Gasteiger partial charge in [0.15, 0.2) is 6.10 Å². The van der Waals surface area contributed by atoms with Crippen LogP contribution in [-0.4, -0.2) is 57.0 Å². The number of nitrogens with zero attached hydrogens (tertiary/aromatic N) is 1. The molecular weight excluding hydrogens is 427 g/mol. The number of esters is 1. The maximum Gasteiger partial charge on any atom is 0.341 e. The highest BCUT2D eigenvalue weighted by molar-refractivity contribution is 7.89. The van der Waals surface area contributed by atoms with Gasteiger partial charge in [-0.15, -0.1) is 0 Å². The summed E-state index contributed by atoms with van der Waals surface area (Å²) in [6, 6.07) is 9.95. The molecule has 2 aromatic rings. The molecule has 0 bridgehead atoms. The molecule has 1 N–H and O–H groups in total. The zero-order valence-electron chi connectivity index (χ0n) is 17.1. The number of hydrogen-bond acceptors (Lipinski definition) is 6. The number of nitrogens with one attached hydrogen (secondary N) is 1. The Hall–Kier alpha value is -2.82. The largest absolute Gasteiger partial charge is 0.449 e. The Bertz CT molecular complexity index is 1080. The second kappa shape index (κ2) is 9.54. The van der Waals surface area contributed by atoms with E-state index in [2.05, 4.69) is 5.32 Å². The third-order valence-corrected chi connectivity index (χ3v) is 6.60. The Morgan fingerprint density at radius 1 is 1.16 bits per heavy atom. The highest BCUT2D eigenvalue weighted by Crippen LogP contribution is 2.21. The van der Waals surface area contributed by atoms with Crippen molar-refractivity contribution in [2.75, 3.05) is 31.6 Å². The number of ether oxygens (including phenoxy) is 2. The van der Waals surface area contributed by atoms with Gasteiger partial charge in [-0.1, -0.05) is 12.1 Å². The molecule has 0 aromatic heterocycles. The van der Waals surface area contributed by atoms with Crippen LogP contribution in [0.3, 0.4) is 0 Å². The van der Waals surface area contributed by atoms with Gasteiger partial charge in [0.25, 0.3) is 5.91 Å². The molecule has 8 nitrogen and oxygen atoms in total. The number of anilines is 1. The van der Waals surface area contributed by atoms with Crippen LogP contribution >= 0.6 is 0 Å². The number of rotatable bonds is 6. The van der Waals surface area contributed by atoms with E-state index in [-0.39, 0.29) is 31.2 Å². The molecule has 1 fully saturated rings. The van der Waals surface area contributed by atoms with Gasteiger partial charge < -0.3 is 14.8 Å². The van der Waals surface area contributed by atoms with Crippen LogP contribution in [0.15, 0.2) is 47.4 Å². The molecule has 31 heavy (non-hydrogen) atoms. The zero-order valence-corrected chi connectivity index (χ0v) is 17.9. The van der Waals surface area contributed by atoms with E-state index in [1.165, 1.54) is 11.2 Å². The first-order valence-electron chi connectivity index (χ1n) is 9.64. The average Bonchev–Trinajstić information content (AvgIpc) is 2.74. The summed E-state index contributed by atoms with van der Waals surface area (Å²) in [5, 5.41) is 2.61. The third-order valence-electron chi connectivity index (χ3n) is 4.70. The van der Waals surface area contributed by atoms with E-state index in [0.717, 1.165) is 23.8 Å². The molecule has 166 valence electrons. The fraction of sp³-hybridized carbons (Fsp3) is 0.333. The summed E-state index contributed by atoms with van der Waals surface area (Å²) in [7, 11) is -3.92. The second-order valence-electron chi connectivity index (χ2n) is 7.06. The van der Waals surface area contributed by atoms with Crippen molar-refractivity contribution >= 4 is 27.6 Å². The number of benzene rings is 2. The van der Waals surface area contributed by atoms with Crippen molar-refractivity contribution in [3.8, 4) is 0 Å². The number of carbonyl (C=O) groups excluding carboxylic acids is 2. The predicted octanol–water partition coefficient (Wildman–Crippen LogP) is 2.34. The van der Waals surface area contributed by atoms with Crippen molar-refractivity contribution in [2.24, 2.45) is 0 Å². The van der Waals surface area contributed by atoms with E-state index in [1.54, 1.807) is 18.2 Å². The van der Waals surface area contributed by atoms with E-state index in [1.807, 2.05) is 13.0 Å². The van der Waals surface area contributed by atoms with Gasteiger partial charge in [-0.25, -0.2) is 17.6 Å². The average molecular weight is 450 g/mol. The highest BCUT2D eigenvalue weighted by Gasteiger charge is 2.29. The summed E-state index contributed by atoms with van der Waals surface area (Å²) in [5.74, 6) is -2.68. The van der Waals surface area contributed by atoms with Crippen LogP contribution in [0.25, 0.3) is 0 Å². The lowest BCUT2D eigenvalue weighted by atomic mass is 10.2. The lowest BCUT2D eigenvalue weighted by Gasteiger charge is -2.26. The van der Waals surface area contributed by atoms with Gasteiger partial charge in [0.1, 0.15) is 5.82 Å². The summed E-state index contributed by atoms with van der Waals surface area (Å²) in [6.07, 6.45) is -1.23.